The zero-order valence-corrected chi connectivity index (χ0v) is 10.9. The lowest BCUT2D eigenvalue weighted by Crippen LogP contribution is -1.97. The van der Waals surface area contributed by atoms with Crippen LogP contribution in [0.25, 0.3) is 0 Å². The smallest absolute Gasteiger partial charge is 0.244 e. The van der Waals surface area contributed by atoms with Crippen LogP contribution in [0.5, 0.6) is 11.6 Å². The summed E-state index contributed by atoms with van der Waals surface area (Å²) < 4.78 is 6.59. The summed E-state index contributed by atoms with van der Waals surface area (Å²) in [5.41, 5.74) is 6.39. The summed E-state index contributed by atoms with van der Waals surface area (Å²) in [6, 6.07) is 11.0. The molecule has 1 aromatic heterocycles. The Labute approximate surface area is 112 Å². The van der Waals surface area contributed by atoms with Crippen molar-refractivity contribution in [2.24, 2.45) is 0 Å². The van der Waals surface area contributed by atoms with Crippen molar-refractivity contribution in [3.8, 4) is 17.7 Å². The molecule has 0 amide bonds. The highest BCUT2D eigenvalue weighted by Gasteiger charge is 2.08. The van der Waals surface area contributed by atoms with Gasteiger partial charge in [0.2, 0.25) is 5.88 Å². The van der Waals surface area contributed by atoms with Gasteiger partial charge < -0.3 is 10.5 Å². The first kappa shape index (κ1) is 11.7. The molecule has 0 saturated carbocycles. The number of anilines is 1. The highest BCUT2D eigenvalue weighted by atomic mass is 127. The number of ether oxygens (including phenoxy) is 1. The van der Waals surface area contributed by atoms with Crippen LogP contribution < -0.4 is 10.5 Å². The molecule has 0 aliphatic carbocycles. The van der Waals surface area contributed by atoms with Gasteiger partial charge in [-0.15, -0.1) is 0 Å². The zero-order chi connectivity index (χ0) is 12.3. The number of benzene rings is 1. The van der Waals surface area contributed by atoms with Gasteiger partial charge in [0.1, 0.15) is 17.5 Å². The van der Waals surface area contributed by atoms with Crippen LogP contribution in [0.15, 0.2) is 36.5 Å². The zero-order valence-electron chi connectivity index (χ0n) is 8.72. The van der Waals surface area contributed by atoms with Crippen LogP contribution >= 0.6 is 22.6 Å². The molecule has 2 aromatic rings. The average Bonchev–Trinajstić information content (AvgIpc) is 2.32. The van der Waals surface area contributed by atoms with Crippen molar-refractivity contribution < 1.29 is 4.74 Å². The van der Waals surface area contributed by atoms with E-state index in [1.54, 1.807) is 6.07 Å². The Morgan fingerprint density at radius 2 is 2.18 bits per heavy atom. The Balaban J connectivity index is 2.34. The third-order valence-electron chi connectivity index (χ3n) is 2.08. The number of halogens is 1. The van der Waals surface area contributed by atoms with E-state index in [0.717, 1.165) is 3.57 Å². The molecule has 0 bridgehead atoms. The highest BCUT2D eigenvalue weighted by molar-refractivity contribution is 14.1. The van der Waals surface area contributed by atoms with Gasteiger partial charge in [0, 0.05) is 9.77 Å². The second-order valence-corrected chi connectivity index (χ2v) is 4.49. The Morgan fingerprint density at radius 1 is 1.35 bits per heavy atom. The standard InChI is InChI=1S/C12H8IN3O/c13-9-2-1-3-10(6-9)17-12-11(15)8(7-14)4-5-16-12/h1-6H,15H2. The molecule has 2 N–H and O–H groups in total. The van der Waals surface area contributed by atoms with Crippen molar-refractivity contribution in [3.63, 3.8) is 0 Å². The van der Waals surface area contributed by atoms with E-state index in [4.69, 9.17) is 15.7 Å². The first-order valence-electron chi connectivity index (χ1n) is 4.78. The summed E-state index contributed by atoms with van der Waals surface area (Å²) in [6.07, 6.45) is 1.50. The number of nitrogen functional groups attached to an aromatic ring is 1. The van der Waals surface area contributed by atoms with Crippen LogP contribution in [0, 0.1) is 14.9 Å². The minimum atomic E-state index is 0.256. The molecule has 0 aliphatic heterocycles. The average molecular weight is 337 g/mol. The molecule has 17 heavy (non-hydrogen) atoms. The molecule has 0 fully saturated rings. The number of nitriles is 1. The minimum Gasteiger partial charge on any atom is -0.437 e. The van der Waals surface area contributed by atoms with E-state index in [2.05, 4.69) is 27.6 Å². The summed E-state index contributed by atoms with van der Waals surface area (Å²) in [6.45, 7) is 0. The molecule has 1 heterocycles. The number of pyridine rings is 1. The van der Waals surface area contributed by atoms with Crippen LogP contribution in [0.3, 0.4) is 0 Å². The number of nitrogens with zero attached hydrogens (tertiary/aromatic N) is 2. The molecule has 0 spiro atoms. The van der Waals surface area contributed by atoms with Crippen LogP contribution in [0.2, 0.25) is 0 Å². The maximum atomic E-state index is 8.84. The number of aromatic nitrogens is 1. The van der Waals surface area contributed by atoms with Crippen LogP contribution in [0.1, 0.15) is 5.56 Å². The Bertz CT molecular complexity index is 593. The van der Waals surface area contributed by atoms with Crippen molar-refractivity contribution in [3.05, 3.63) is 45.7 Å². The summed E-state index contributed by atoms with van der Waals surface area (Å²) in [5, 5.41) is 8.84. The second-order valence-electron chi connectivity index (χ2n) is 3.25. The fourth-order valence-corrected chi connectivity index (χ4v) is 1.79. The van der Waals surface area contributed by atoms with Crippen LogP contribution in [0.4, 0.5) is 5.69 Å². The van der Waals surface area contributed by atoms with E-state index < -0.39 is 0 Å². The highest BCUT2D eigenvalue weighted by Crippen LogP contribution is 2.27. The molecule has 2 rings (SSSR count). The lowest BCUT2D eigenvalue weighted by molar-refractivity contribution is 0.465. The van der Waals surface area contributed by atoms with Crippen LogP contribution in [-0.4, -0.2) is 4.98 Å². The van der Waals surface area contributed by atoms with E-state index in [1.165, 1.54) is 6.20 Å². The molecule has 1 aromatic carbocycles. The fraction of sp³-hybridized carbons (Fsp3) is 0. The fourth-order valence-electron chi connectivity index (χ4n) is 1.27. The molecule has 0 unspecified atom stereocenters. The lowest BCUT2D eigenvalue weighted by Gasteiger charge is -2.07. The van der Waals surface area contributed by atoms with Crippen LogP contribution in [-0.2, 0) is 0 Å². The van der Waals surface area contributed by atoms with Gasteiger partial charge >= 0.3 is 0 Å². The summed E-state index contributed by atoms with van der Waals surface area (Å²) in [7, 11) is 0. The Morgan fingerprint density at radius 3 is 2.88 bits per heavy atom. The van der Waals surface area contributed by atoms with Crippen molar-refractivity contribution in [2.75, 3.05) is 5.73 Å². The molecule has 0 aliphatic rings. The summed E-state index contributed by atoms with van der Waals surface area (Å²) in [5.74, 6) is 0.900. The number of hydrogen-bond acceptors (Lipinski definition) is 4. The predicted molar refractivity (Wildman–Crippen MR) is 72.6 cm³/mol. The first-order valence-corrected chi connectivity index (χ1v) is 5.86. The molecule has 5 heteroatoms. The molecule has 0 saturated heterocycles. The van der Waals surface area contributed by atoms with E-state index in [9.17, 15) is 0 Å². The lowest BCUT2D eigenvalue weighted by atomic mass is 10.2. The van der Waals surface area contributed by atoms with Gasteiger partial charge in [0.25, 0.3) is 0 Å². The largest absolute Gasteiger partial charge is 0.437 e. The van der Waals surface area contributed by atoms with E-state index >= 15 is 0 Å². The van der Waals surface area contributed by atoms with Crippen molar-refractivity contribution in [2.45, 2.75) is 0 Å². The number of rotatable bonds is 2. The van der Waals surface area contributed by atoms with Crippen molar-refractivity contribution in [1.82, 2.24) is 4.98 Å². The molecular weight excluding hydrogens is 329 g/mol. The molecule has 4 nitrogen and oxygen atoms in total. The maximum absolute atomic E-state index is 8.84. The second kappa shape index (κ2) is 5.01. The van der Waals surface area contributed by atoms with Gasteiger partial charge in [0.15, 0.2) is 0 Å². The third-order valence-corrected chi connectivity index (χ3v) is 2.76. The van der Waals surface area contributed by atoms with E-state index in [0.29, 0.717) is 11.3 Å². The van der Waals surface area contributed by atoms with Gasteiger partial charge in [-0.05, 0) is 46.9 Å². The SMILES string of the molecule is N#Cc1ccnc(Oc2cccc(I)c2)c1N. The van der Waals surface area contributed by atoms with Gasteiger partial charge in [-0.3, -0.25) is 0 Å². The monoisotopic (exact) mass is 337 g/mol. The van der Waals surface area contributed by atoms with Gasteiger partial charge in [-0.25, -0.2) is 4.98 Å². The summed E-state index contributed by atoms with van der Waals surface area (Å²) >= 11 is 2.19. The Hall–Kier alpha value is -1.81. The van der Waals surface area contributed by atoms with E-state index in [1.807, 2.05) is 30.3 Å². The van der Waals surface area contributed by atoms with Gasteiger partial charge in [-0.2, -0.15) is 5.26 Å². The van der Waals surface area contributed by atoms with E-state index in [-0.39, 0.29) is 11.6 Å². The maximum Gasteiger partial charge on any atom is 0.244 e. The first-order chi connectivity index (χ1) is 8.20. The number of nitrogens with two attached hydrogens (primary N) is 1. The third kappa shape index (κ3) is 2.65. The number of hydrogen-bond donors (Lipinski definition) is 1. The topological polar surface area (TPSA) is 71.9 Å². The molecule has 84 valence electrons. The minimum absolute atomic E-state index is 0.256. The van der Waals surface area contributed by atoms with Crippen molar-refractivity contribution >= 4 is 28.3 Å². The Kier molecular flexibility index (Phi) is 3.44. The normalized spacial score (nSPS) is 9.65. The summed E-state index contributed by atoms with van der Waals surface area (Å²) in [4.78, 5) is 4.01. The quantitative estimate of drug-likeness (QED) is 0.856. The molecular formula is C12H8IN3O. The van der Waals surface area contributed by atoms with Crippen molar-refractivity contribution in [1.29, 1.82) is 5.26 Å². The molecule has 0 atom stereocenters. The molecule has 0 radical (unpaired) electrons. The van der Waals surface area contributed by atoms with Gasteiger partial charge in [-0.1, -0.05) is 6.07 Å². The van der Waals surface area contributed by atoms with Gasteiger partial charge in [0.05, 0.1) is 5.56 Å². The predicted octanol–water partition coefficient (Wildman–Crippen LogP) is 2.93.